The first-order chi connectivity index (χ1) is 21.9. The Balaban J connectivity index is 1.12. The first-order valence-corrected chi connectivity index (χ1v) is 17.8. The number of aliphatic carboxylic acids is 2. The molecular formula is C30H38ClN5O8S2. The standard InChI is InChI=1S/C30H38ClN5O8S2/c1-17(28(37)36-24-5-3-2-4-20(24)10-25(36)30(40)41)35-23(29(38)39)15-44-14-19-8-6-18(7-9-19)13-34-46(42,43)27-12-26-22(11-21(27)31)32-16-33-45-26/h6-9,11-12,17,20,23-25,32-35H,2-5,10,13-16H2,1H3,(H,38,39)(H,40,41)/t17-,20+,23-,24+,25-/m0/s1. The monoisotopic (exact) mass is 695 g/mol. The van der Waals surface area contributed by atoms with Crippen LogP contribution in [0, 0.1) is 5.92 Å². The molecule has 6 N–H and O–H groups in total. The van der Waals surface area contributed by atoms with Crippen molar-refractivity contribution >= 4 is 57.1 Å². The van der Waals surface area contributed by atoms with Crippen LogP contribution in [-0.2, 0) is 42.3 Å². The highest BCUT2D eigenvalue weighted by Crippen LogP contribution is 2.40. The Morgan fingerprint density at radius 3 is 2.57 bits per heavy atom. The number of amides is 1. The summed E-state index contributed by atoms with van der Waals surface area (Å²) in [7, 11) is -3.89. The number of carbonyl (C=O) groups is 3. The Morgan fingerprint density at radius 1 is 1.13 bits per heavy atom. The maximum atomic E-state index is 13.4. The molecule has 5 atom stereocenters. The number of halogens is 1. The van der Waals surface area contributed by atoms with Crippen LogP contribution >= 0.6 is 23.5 Å². The van der Waals surface area contributed by atoms with E-state index in [1.165, 1.54) is 22.9 Å². The van der Waals surface area contributed by atoms with Gasteiger partial charge in [-0.2, -0.15) is 0 Å². The number of carboxylic acids is 2. The number of rotatable bonds is 13. The highest BCUT2D eigenvalue weighted by Gasteiger charge is 2.48. The van der Waals surface area contributed by atoms with E-state index in [9.17, 15) is 33.0 Å². The largest absolute Gasteiger partial charge is 0.480 e. The summed E-state index contributed by atoms with van der Waals surface area (Å²) in [6, 6.07) is 6.92. The molecule has 2 aliphatic heterocycles. The maximum absolute atomic E-state index is 13.4. The van der Waals surface area contributed by atoms with Crippen LogP contribution in [0.25, 0.3) is 0 Å². The van der Waals surface area contributed by atoms with Crippen LogP contribution in [-0.4, -0.2) is 78.8 Å². The quantitative estimate of drug-likeness (QED) is 0.169. The normalized spacial score (nSPS) is 22.3. The van der Waals surface area contributed by atoms with E-state index in [0.29, 0.717) is 18.7 Å². The number of sulfonamides is 1. The molecule has 13 nitrogen and oxygen atoms in total. The molecule has 2 aromatic carbocycles. The maximum Gasteiger partial charge on any atom is 0.326 e. The number of benzene rings is 2. The van der Waals surface area contributed by atoms with Crippen molar-refractivity contribution in [1.82, 2.24) is 19.7 Å². The molecule has 5 rings (SSSR count). The number of nitrogens with one attached hydrogen (secondary N) is 4. The third kappa shape index (κ3) is 7.95. The minimum atomic E-state index is -3.89. The van der Waals surface area contributed by atoms with Gasteiger partial charge in [0.2, 0.25) is 15.9 Å². The Hall–Kier alpha value is -2.92. The van der Waals surface area contributed by atoms with Gasteiger partial charge in [0.1, 0.15) is 17.0 Å². The number of carboxylic acid groups (broad SMARTS) is 2. The van der Waals surface area contributed by atoms with Crippen LogP contribution in [0.4, 0.5) is 5.69 Å². The number of ether oxygens (including phenoxy) is 1. The Labute approximate surface area is 277 Å². The van der Waals surface area contributed by atoms with Gasteiger partial charge in [-0.05, 0) is 67.3 Å². The average molecular weight is 696 g/mol. The van der Waals surface area contributed by atoms with Crippen molar-refractivity contribution in [2.75, 3.05) is 18.6 Å². The molecule has 0 bridgehead atoms. The van der Waals surface area contributed by atoms with Crippen molar-refractivity contribution in [1.29, 1.82) is 0 Å². The summed E-state index contributed by atoms with van der Waals surface area (Å²) in [4.78, 5) is 39.5. The van der Waals surface area contributed by atoms with Crippen molar-refractivity contribution in [3.8, 4) is 0 Å². The van der Waals surface area contributed by atoms with Gasteiger partial charge in [-0.15, -0.1) is 0 Å². The molecule has 16 heteroatoms. The van der Waals surface area contributed by atoms with Gasteiger partial charge in [0.05, 0.1) is 36.6 Å². The van der Waals surface area contributed by atoms with E-state index in [-0.39, 0.29) is 41.6 Å². The molecule has 2 aromatic rings. The highest BCUT2D eigenvalue weighted by molar-refractivity contribution is 7.97. The topological polar surface area (TPSA) is 186 Å². The molecule has 0 unspecified atom stereocenters. The predicted octanol–water partition coefficient (Wildman–Crippen LogP) is 2.99. The number of fused-ring (bicyclic) bond motifs is 2. The second kappa shape index (κ2) is 14.9. The van der Waals surface area contributed by atoms with Gasteiger partial charge >= 0.3 is 11.9 Å². The molecule has 250 valence electrons. The fraction of sp³-hybridized carbons (Fsp3) is 0.500. The van der Waals surface area contributed by atoms with Gasteiger partial charge in [-0.1, -0.05) is 48.7 Å². The Morgan fingerprint density at radius 2 is 1.85 bits per heavy atom. The molecule has 1 saturated heterocycles. The number of hydrogen-bond donors (Lipinski definition) is 6. The van der Waals surface area contributed by atoms with E-state index in [0.717, 1.165) is 41.8 Å². The summed E-state index contributed by atoms with van der Waals surface area (Å²) in [5.74, 6) is -2.50. The van der Waals surface area contributed by atoms with Gasteiger partial charge in [0.25, 0.3) is 0 Å². The van der Waals surface area contributed by atoms with Crippen LogP contribution in [0.2, 0.25) is 5.02 Å². The van der Waals surface area contributed by atoms with Gasteiger partial charge in [0.15, 0.2) is 0 Å². The van der Waals surface area contributed by atoms with E-state index in [1.54, 1.807) is 37.3 Å². The number of anilines is 1. The van der Waals surface area contributed by atoms with E-state index >= 15 is 0 Å². The SMILES string of the molecule is C[C@H](N[C@@H](COCc1ccc(CNS(=O)(=O)c2cc3c(cc2Cl)NCNS3)cc1)C(=O)O)C(=O)N1[C@@H]2CCCC[C@@H]2C[C@H]1C(=O)O. The van der Waals surface area contributed by atoms with Gasteiger partial charge < -0.3 is 25.2 Å². The lowest BCUT2D eigenvalue weighted by Gasteiger charge is -2.35. The Bertz CT molecular complexity index is 1560. The van der Waals surface area contributed by atoms with E-state index in [1.807, 2.05) is 0 Å². The molecule has 0 spiro atoms. The Kier molecular flexibility index (Phi) is 11.1. The third-order valence-corrected chi connectivity index (χ3v) is 11.4. The first-order valence-electron chi connectivity index (χ1n) is 15.1. The zero-order valence-electron chi connectivity index (χ0n) is 25.2. The fourth-order valence-electron chi connectivity index (χ4n) is 6.30. The van der Waals surface area contributed by atoms with Crippen LogP contribution in [0.15, 0.2) is 46.2 Å². The zero-order chi connectivity index (χ0) is 33.0. The van der Waals surface area contributed by atoms with Crippen LogP contribution in [0.1, 0.15) is 50.2 Å². The van der Waals surface area contributed by atoms with Crippen LogP contribution in [0.5, 0.6) is 0 Å². The molecule has 1 amide bonds. The molecule has 0 aromatic heterocycles. The minimum Gasteiger partial charge on any atom is -0.480 e. The van der Waals surface area contributed by atoms with Crippen molar-refractivity contribution in [3.63, 3.8) is 0 Å². The molecule has 1 aliphatic carbocycles. The second-order valence-corrected chi connectivity index (χ2v) is 14.8. The van der Waals surface area contributed by atoms with E-state index in [2.05, 4.69) is 20.1 Å². The predicted molar refractivity (Wildman–Crippen MR) is 172 cm³/mol. The first kappa shape index (κ1) is 34.4. The van der Waals surface area contributed by atoms with Gasteiger partial charge in [-0.25, -0.2) is 22.7 Å². The van der Waals surface area contributed by atoms with Crippen molar-refractivity contribution < 1.29 is 37.8 Å². The number of nitrogens with zero attached hydrogens (tertiary/aromatic N) is 1. The van der Waals surface area contributed by atoms with Crippen molar-refractivity contribution in [3.05, 3.63) is 52.5 Å². The second-order valence-electron chi connectivity index (χ2n) is 11.8. The fourth-order valence-corrected chi connectivity index (χ4v) is 8.66. The number of likely N-dealkylation sites (tertiary alicyclic amines) is 1. The van der Waals surface area contributed by atoms with Gasteiger partial charge in [0, 0.05) is 17.5 Å². The minimum absolute atomic E-state index is 0.0196. The summed E-state index contributed by atoms with van der Waals surface area (Å²) >= 11 is 7.59. The van der Waals surface area contributed by atoms with E-state index in [4.69, 9.17) is 16.3 Å². The molecule has 2 fully saturated rings. The highest BCUT2D eigenvalue weighted by atomic mass is 35.5. The summed E-state index contributed by atoms with van der Waals surface area (Å²) in [5.41, 5.74) is 2.19. The summed E-state index contributed by atoms with van der Waals surface area (Å²) in [6.45, 7) is 1.97. The zero-order valence-corrected chi connectivity index (χ0v) is 27.6. The lowest BCUT2D eigenvalue weighted by Crippen LogP contribution is -2.56. The van der Waals surface area contributed by atoms with E-state index < -0.39 is 46.0 Å². The molecular weight excluding hydrogens is 658 g/mol. The summed E-state index contributed by atoms with van der Waals surface area (Å²) in [6.07, 6.45) is 4.01. The van der Waals surface area contributed by atoms with Crippen molar-refractivity contribution in [2.24, 2.45) is 5.92 Å². The van der Waals surface area contributed by atoms with Crippen LogP contribution < -0.4 is 20.1 Å². The lowest BCUT2D eigenvalue weighted by atomic mass is 9.84. The molecule has 1 saturated carbocycles. The average Bonchev–Trinajstić information content (AvgIpc) is 3.43. The number of hydrogen-bond acceptors (Lipinski definition) is 10. The summed E-state index contributed by atoms with van der Waals surface area (Å²) < 4.78 is 37.2. The smallest absolute Gasteiger partial charge is 0.326 e. The third-order valence-electron chi connectivity index (χ3n) is 8.65. The molecule has 2 heterocycles. The lowest BCUT2D eigenvalue weighted by molar-refractivity contribution is -0.151. The van der Waals surface area contributed by atoms with Gasteiger partial charge in [-0.3, -0.25) is 14.9 Å². The van der Waals surface area contributed by atoms with Crippen LogP contribution in [0.3, 0.4) is 0 Å². The summed E-state index contributed by atoms with van der Waals surface area (Å²) in [5, 5.41) is 25.6. The molecule has 46 heavy (non-hydrogen) atoms. The number of carbonyl (C=O) groups excluding carboxylic acids is 1. The van der Waals surface area contributed by atoms with Crippen molar-refractivity contribution in [2.45, 2.75) is 86.1 Å². The molecule has 0 radical (unpaired) electrons. The molecule has 3 aliphatic rings.